The highest BCUT2D eigenvalue weighted by atomic mass is 35.5. The maximum absolute atomic E-state index is 15.5. The molecule has 686 valence electrons. The molecule has 3 N–H and O–H groups in total. The Morgan fingerprint density at radius 3 is 1.13 bits per heavy atom. The van der Waals surface area contributed by atoms with Gasteiger partial charge in [0.2, 0.25) is 29.5 Å². The second kappa shape index (κ2) is 39.3. The van der Waals surface area contributed by atoms with Crippen LogP contribution in [0.25, 0.3) is 83.9 Å². The lowest BCUT2D eigenvalue weighted by molar-refractivity contribution is -0.129. The van der Waals surface area contributed by atoms with E-state index in [-0.39, 0.29) is 154 Å². The highest BCUT2D eigenvalue weighted by Gasteiger charge is 2.40. The van der Waals surface area contributed by atoms with Crippen molar-refractivity contribution < 1.29 is 41.5 Å². The maximum atomic E-state index is 15.5. The van der Waals surface area contributed by atoms with Crippen molar-refractivity contribution in [1.29, 1.82) is 0 Å². The summed E-state index contributed by atoms with van der Waals surface area (Å²) in [5.74, 6) is -2.32. The maximum Gasteiger partial charge on any atom is 0.355 e. The number of nitrogens with zero attached hydrogens (tertiary/aromatic N) is 18. The number of aromatic nitrogens is 12. The van der Waals surface area contributed by atoms with E-state index in [4.69, 9.17) is 55.5 Å². The van der Waals surface area contributed by atoms with Gasteiger partial charge in [0.15, 0.2) is 16.9 Å². The van der Waals surface area contributed by atoms with Crippen molar-refractivity contribution in [2.24, 2.45) is 5.73 Å². The third-order valence-corrected chi connectivity index (χ3v) is 24.7. The number of carbonyl (C=O) groups is 5. The number of benzene rings is 3. The predicted molar refractivity (Wildman–Crippen MR) is 509 cm³/mol. The third-order valence-electron chi connectivity index (χ3n) is 23.9. The van der Waals surface area contributed by atoms with Gasteiger partial charge in [-0.15, -0.1) is 0 Å². The van der Waals surface area contributed by atoms with Crippen LogP contribution in [0.15, 0.2) is 168 Å². The lowest BCUT2D eigenvalue weighted by atomic mass is 10.0. The molecule has 3 fully saturated rings. The van der Waals surface area contributed by atoms with Crippen molar-refractivity contribution in [2.45, 2.75) is 171 Å². The first-order chi connectivity index (χ1) is 62.6. The van der Waals surface area contributed by atoms with E-state index >= 15 is 8.78 Å². The van der Waals surface area contributed by atoms with Crippen LogP contribution < -0.4 is 42.8 Å². The number of halogens is 7. The van der Waals surface area contributed by atoms with Gasteiger partial charge in [0, 0.05) is 112 Å². The molecule has 0 spiro atoms. The quantitative estimate of drug-likeness (QED) is 0.0595. The summed E-state index contributed by atoms with van der Waals surface area (Å²) in [4.78, 5) is 157. The van der Waals surface area contributed by atoms with E-state index in [9.17, 15) is 47.1 Å². The Balaban J connectivity index is 0.000000168. The van der Waals surface area contributed by atoms with Crippen LogP contribution in [-0.2, 0) is 19.2 Å². The van der Waals surface area contributed by atoms with Crippen LogP contribution in [0, 0.1) is 32.4 Å². The number of rotatable bonds is 18. The van der Waals surface area contributed by atoms with E-state index < -0.39 is 46.9 Å². The fraction of sp³-hybridized carbons (Fsp3) is 0.330. The summed E-state index contributed by atoms with van der Waals surface area (Å²) in [5.41, 5.74) is 10.2. The number of hydrogen-bond acceptors (Lipinski definition) is 20. The molecule has 0 aliphatic carbocycles. The van der Waals surface area contributed by atoms with Crippen molar-refractivity contribution in [3.8, 4) is 50.8 Å². The van der Waals surface area contributed by atoms with Gasteiger partial charge in [0.25, 0.3) is 6.43 Å². The zero-order valence-electron chi connectivity index (χ0n) is 75.9. The minimum atomic E-state index is -2.76. The first kappa shape index (κ1) is 96.1. The van der Waals surface area contributed by atoms with Crippen LogP contribution in [0.3, 0.4) is 0 Å². The molecule has 3 aromatic carbocycles. The van der Waals surface area contributed by atoms with E-state index in [1.807, 2.05) is 119 Å². The Morgan fingerprint density at radius 2 is 0.788 bits per heavy atom. The van der Waals surface area contributed by atoms with E-state index in [1.54, 1.807) is 87.9 Å². The second-order valence-electron chi connectivity index (χ2n) is 34.2. The zero-order chi connectivity index (χ0) is 95.9. The number of carbonyl (C=O) groups excluding carboxylic acids is 5. The molecule has 15 rings (SSSR count). The van der Waals surface area contributed by atoms with Crippen LogP contribution in [0.4, 0.5) is 40.7 Å². The van der Waals surface area contributed by atoms with Gasteiger partial charge < -0.3 is 40.4 Å². The summed E-state index contributed by atoms with van der Waals surface area (Å²) in [6, 6.07) is 23.2. The molecule has 28 nitrogen and oxygen atoms in total. The number of anilines is 4. The van der Waals surface area contributed by atoms with Crippen LogP contribution >= 0.6 is 34.8 Å². The molecule has 12 aromatic rings. The number of pyridine rings is 6. The molecule has 6 unspecified atom stereocenters. The van der Waals surface area contributed by atoms with Gasteiger partial charge >= 0.3 is 17.1 Å². The average Bonchev–Trinajstić information content (AvgIpc) is 0.804. The summed E-state index contributed by atoms with van der Waals surface area (Å²) in [6.07, 6.45) is 6.15. The second-order valence-corrected chi connectivity index (χ2v) is 35.4. The molecular formula is C97H101Cl3F4N20O8. The summed E-state index contributed by atoms with van der Waals surface area (Å²) < 4.78 is 63.2. The summed E-state index contributed by atoms with van der Waals surface area (Å²) in [5, 5.41) is 4.29. The van der Waals surface area contributed by atoms with Crippen LogP contribution in [0.2, 0.25) is 15.1 Å². The highest BCUT2D eigenvalue weighted by Crippen LogP contribution is 2.44. The lowest BCUT2D eigenvalue weighted by Crippen LogP contribution is -2.58. The Morgan fingerprint density at radius 1 is 0.455 bits per heavy atom. The topological polar surface area (TPSA) is 325 Å². The third kappa shape index (κ3) is 18.6. The van der Waals surface area contributed by atoms with Crippen LogP contribution in [-0.4, -0.2) is 178 Å². The molecule has 3 aliphatic rings. The fourth-order valence-corrected chi connectivity index (χ4v) is 18.2. The number of aryl methyl sites for hydroxylation is 3. The van der Waals surface area contributed by atoms with Crippen LogP contribution in [0.1, 0.15) is 164 Å². The molecule has 5 amide bonds. The number of nitrogens with one attached hydrogen (secondary N) is 1. The number of alkyl halides is 2. The number of piperazine rings is 3. The van der Waals surface area contributed by atoms with Gasteiger partial charge in [0.05, 0.1) is 105 Å². The minimum absolute atomic E-state index is 0.0116. The standard InChI is InChI=1S/C33H35ClFN7O3.C32H33ClF2N6O2.C32H33ClFN7O3/c1-8-26(44)40-15-20(6)41(16-19(40)5)31-22-14-23(34)29(27-24(35)10-9-11-25(27)37-21(7)43)38-32(22)42(33(45)39-31)30-18(4)12-13-36-28(30)17(2)3;1-7-25(42)39-15-20(6)40(16-19(39)5)30-23-14-24(33)27(21-10-8-9-11-22(21)29(34)35)37-31(23)41(32(43)38-30)28-18(4)12-13-36-26(28)17(2)3;1-7-24(42)39-14-19(6)40(15-18(39)5)30-21-13-22(33)27(25-20(29(35)43)9-8-10-23(25)34)37-31(21)41(32(44)38-30)28-17(4)11-12-36-26(28)16(2)3/h8-14,17,19-20H,1,15-16H2,2-7H3,(H,37,43);7-14,17,19-20,29H,1,15-16H2,2-6H3;7-13,16,18-19H,1,14-15H2,2-6H3,(H2,35,43). The number of primary amides is 1. The Kier molecular flexibility index (Phi) is 28.6. The Labute approximate surface area is 774 Å². The van der Waals surface area contributed by atoms with E-state index in [1.165, 1.54) is 81.3 Å². The summed E-state index contributed by atoms with van der Waals surface area (Å²) in [6.45, 7) is 43.4. The molecule has 9 aromatic heterocycles. The molecule has 6 atom stereocenters. The van der Waals surface area contributed by atoms with Gasteiger partial charge in [-0.1, -0.05) is 132 Å². The molecule has 0 saturated carbocycles. The summed E-state index contributed by atoms with van der Waals surface area (Å²) >= 11 is 20.5. The molecule has 132 heavy (non-hydrogen) atoms. The molecule has 12 heterocycles. The van der Waals surface area contributed by atoms with Gasteiger partial charge in [-0.3, -0.25) is 38.9 Å². The average molecular weight is 1860 g/mol. The van der Waals surface area contributed by atoms with E-state index in [0.717, 1.165) is 16.7 Å². The van der Waals surface area contributed by atoms with Crippen molar-refractivity contribution >= 4 is 121 Å². The zero-order valence-corrected chi connectivity index (χ0v) is 78.1. The smallest absolute Gasteiger partial charge is 0.355 e. The normalized spacial score (nSPS) is 17.0. The molecule has 35 heteroatoms. The van der Waals surface area contributed by atoms with Crippen molar-refractivity contribution in [2.75, 3.05) is 59.3 Å². The van der Waals surface area contributed by atoms with Crippen molar-refractivity contribution in [1.82, 2.24) is 73.3 Å². The van der Waals surface area contributed by atoms with Gasteiger partial charge in [0.1, 0.15) is 29.1 Å². The number of amides is 5. The largest absolute Gasteiger partial charge is 0.366 e. The lowest BCUT2D eigenvalue weighted by Gasteiger charge is -2.44. The highest BCUT2D eigenvalue weighted by molar-refractivity contribution is 6.35. The predicted octanol–water partition coefficient (Wildman–Crippen LogP) is 16.9. The van der Waals surface area contributed by atoms with E-state index in [2.05, 4.69) is 55.0 Å². The SMILES string of the molecule is C=CC(=O)N1CC(C)N(c2nc(=O)n(-c3c(C)ccnc3C(C)C)c3nc(-c4c(F)cccc4C(N)=O)c(Cl)cc23)CC1C.C=CC(=O)N1CC(C)N(c2nc(=O)n(-c3c(C)ccnc3C(C)C)c3nc(-c4c(F)cccc4NC(C)=O)c(Cl)cc23)CC1C.C=CC(=O)N1CC(C)N(c2nc(=O)n(-c3c(C)ccnc3C(C)C)c3nc(-c4ccccc4C(F)F)c(Cl)cc23)CC1C. The van der Waals surface area contributed by atoms with Crippen LogP contribution in [0.5, 0.6) is 0 Å². The van der Waals surface area contributed by atoms with Crippen molar-refractivity contribution in [3.05, 3.63) is 257 Å². The van der Waals surface area contributed by atoms with Crippen molar-refractivity contribution in [3.63, 3.8) is 0 Å². The van der Waals surface area contributed by atoms with Gasteiger partial charge in [-0.25, -0.2) is 60.6 Å². The minimum Gasteiger partial charge on any atom is -0.366 e. The molecule has 3 aliphatic heterocycles. The molecule has 3 saturated heterocycles. The summed E-state index contributed by atoms with van der Waals surface area (Å²) in [7, 11) is 0. The molecule has 0 radical (unpaired) electrons. The Bertz CT molecular complexity index is 6870. The van der Waals surface area contributed by atoms with E-state index in [0.29, 0.717) is 107 Å². The monoisotopic (exact) mass is 1850 g/mol. The molecule has 0 bridgehead atoms. The first-order valence-corrected chi connectivity index (χ1v) is 44.2. The number of hydrogen-bond donors (Lipinski definition) is 2. The van der Waals surface area contributed by atoms with Gasteiger partial charge in [-0.2, -0.15) is 15.0 Å². The Hall–Kier alpha value is -13.5. The fourth-order valence-electron chi connectivity index (χ4n) is 17.4. The molecular weight excluding hydrogens is 1760 g/mol. The first-order valence-electron chi connectivity index (χ1n) is 43.0. The number of fused-ring (bicyclic) bond motifs is 3. The number of nitrogens with two attached hydrogens (primary N) is 1. The van der Waals surface area contributed by atoms with Gasteiger partial charge in [-0.05, 0) is 176 Å².